The van der Waals surface area contributed by atoms with Crippen LogP contribution < -0.4 is 20.1 Å². The number of ether oxygens (including phenoxy) is 2. The maximum atomic E-state index is 12.2. The van der Waals surface area contributed by atoms with Crippen LogP contribution in [0.3, 0.4) is 0 Å². The Balaban J connectivity index is 1.69. The van der Waals surface area contributed by atoms with Crippen LogP contribution in [-0.2, 0) is 4.79 Å². The van der Waals surface area contributed by atoms with Gasteiger partial charge in [0.05, 0.1) is 6.10 Å². The van der Waals surface area contributed by atoms with Crippen LogP contribution in [0.1, 0.15) is 41.8 Å². The smallest absolute Gasteiger partial charge is 0.262 e. The summed E-state index contributed by atoms with van der Waals surface area (Å²) in [7, 11) is 0. The molecule has 0 atom stereocenters. The highest BCUT2D eigenvalue weighted by Crippen LogP contribution is 2.16. The van der Waals surface area contributed by atoms with Gasteiger partial charge in [0.2, 0.25) is 0 Å². The van der Waals surface area contributed by atoms with E-state index in [0.717, 1.165) is 11.3 Å². The van der Waals surface area contributed by atoms with Crippen LogP contribution in [0.2, 0.25) is 0 Å². The molecule has 6 nitrogen and oxygen atoms in total. The van der Waals surface area contributed by atoms with Crippen molar-refractivity contribution in [3.05, 3.63) is 71.4 Å². The molecule has 0 unspecified atom stereocenters. The minimum Gasteiger partial charge on any atom is -0.491 e. The molecule has 0 heterocycles. The second kappa shape index (κ2) is 11.0. The van der Waals surface area contributed by atoms with E-state index < -0.39 is 0 Å². The molecule has 0 aliphatic carbocycles. The molecule has 0 aliphatic rings. The van der Waals surface area contributed by atoms with E-state index >= 15 is 0 Å². The fourth-order valence-corrected chi connectivity index (χ4v) is 2.63. The molecule has 2 rings (SSSR count). The minimum absolute atomic E-state index is 0.0808. The topological polar surface area (TPSA) is 76.7 Å². The number of amides is 2. The lowest BCUT2D eigenvalue weighted by atomic mass is 10.1. The average Bonchev–Trinajstić information content (AvgIpc) is 2.69. The Kier molecular flexibility index (Phi) is 8.47. The van der Waals surface area contributed by atoms with Crippen LogP contribution in [0.25, 0.3) is 0 Å². The van der Waals surface area contributed by atoms with Crippen LogP contribution in [0.4, 0.5) is 0 Å². The third-order valence-electron chi connectivity index (χ3n) is 4.37. The van der Waals surface area contributed by atoms with Crippen molar-refractivity contribution in [2.24, 2.45) is 0 Å². The van der Waals surface area contributed by atoms with Gasteiger partial charge in [-0.05, 0) is 75.2 Å². The molecule has 6 heteroatoms. The summed E-state index contributed by atoms with van der Waals surface area (Å²) in [6, 6.07) is 12.7. The molecule has 2 amide bonds. The van der Waals surface area contributed by atoms with Gasteiger partial charge >= 0.3 is 0 Å². The highest BCUT2D eigenvalue weighted by Gasteiger charge is 2.08. The van der Waals surface area contributed by atoms with E-state index in [-0.39, 0.29) is 24.5 Å². The molecule has 0 spiro atoms. The standard InChI is InChI=1S/C24H30N2O4/c1-16(2)30-21-10-7-20(8-11-21)24(28)25-13-12-19(5)26-23(27)15-29-22-9-6-17(3)18(4)14-22/h6-11,14,16H,5,12-13,15H2,1-4H3,(H,25,28)(H,26,27). The zero-order valence-electron chi connectivity index (χ0n) is 18.1. The first-order chi connectivity index (χ1) is 14.2. The van der Waals surface area contributed by atoms with E-state index in [1.54, 1.807) is 24.3 Å². The zero-order valence-corrected chi connectivity index (χ0v) is 18.1. The van der Waals surface area contributed by atoms with Gasteiger partial charge in [-0.3, -0.25) is 9.59 Å². The van der Waals surface area contributed by atoms with Crippen molar-refractivity contribution in [3.63, 3.8) is 0 Å². The maximum Gasteiger partial charge on any atom is 0.262 e. The average molecular weight is 411 g/mol. The lowest BCUT2D eigenvalue weighted by Crippen LogP contribution is -2.31. The predicted molar refractivity (Wildman–Crippen MR) is 118 cm³/mol. The summed E-state index contributed by atoms with van der Waals surface area (Å²) in [5, 5.41) is 5.50. The van der Waals surface area contributed by atoms with Gasteiger partial charge in [-0.2, -0.15) is 0 Å². The van der Waals surface area contributed by atoms with Crippen molar-refractivity contribution < 1.29 is 19.1 Å². The second-order valence-electron chi connectivity index (χ2n) is 7.38. The SMILES string of the molecule is C=C(CCNC(=O)c1ccc(OC(C)C)cc1)NC(=O)COc1ccc(C)c(C)c1. The first-order valence-electron chi connectivity index (χ1n) is 9.97. The van der Waals surface area contributed by atoms with Gasteiger partial charge in [-0.1, -0.05) is 12.6 Å². The molecule has 2 N–H and O–H groups in total. The Morgan fingerprint density at radius 2 is 1.67 bits per heavy atom. The number of benzene rings is 2. The Bertz CT molecular complexity index is 889. The monoisotopic (exact) mass is 410 g/mol. The summed E-state index contributed by atoms with van der Waals surface area (Å²) in [5.41, 5.74) is 3.34. The minimum atomic E-state index is -0.287. The summed E-state index contributed by atoms with van der Waals surface area (Å²) in [6.07, 6.45) is 0.507. The van der Waals surface area contributed by atoms with Crippen LogP contribution >= 0.6 is 0 Å². The molecule has 0 aromatic heterocycles. The normalized spacial score (nSPS) is 10.4. The molecule has 0 fully saturated rings. The molecular formula is C24H30N2O4. The third kappa shape index (κ3) is 7.62. The highest BCUT2D eigenvalue weighted by molar-refractivity contribution is 5.94. The quantitative estimate of drug-likeness (QED) is 0.622. The summed E-state index contributed by atoms with van der Waals surface area (Å²) < 4.78 is 11.1. The van der Waals surface area contributed by atoms with Gasteiger partial charge in [-0.25, -0.2) is 0 Å². The molecule has 0 radical (unpaired) electrons. The number of carbonyl (C=O) groups excluding carboxylic acids is 2. The van der Waals surface area contributed by atoms with E-state index in [0.29, 0.717) is 30.0 Å². The van der Waals surface area contributed by atoms with Gasteiger partial charge in [0.1, 0.15) is 11.5 Å². The van der Waals surface area contributed by atoms with E-state index in [1.165, 1.54) is 5.56 Å². The van der Waals surface area contributed by atoms with Crippen LogP contribution in [0.5, 0.6) is 11.5 Å². The third-order valence-corrected chi connectivity index (χ3v) is 4.37. The van der Waals surface area contributed by atoms with E-state index in [4.69, 9.17) is 9.47 Å². The van der Waals surface area contributed by atoms with Crippen molar-refractivity contribution in [2.45, 2.75) is 40.2 Å². The molecule has 0 aliphatic heterocycles. The fraction of sp³-hybridized carbons (Fsp3) is 0.333. The van der Waals surface area contributed by atoms with Gasteiger partial charge < -0.3 is 20.1 Å². The highest BCUT2D eigenvalue weighted by atomic mass is 16.5. The number of rotatable bonds is 10. The van der Waals surface area contributed by atoms with Gasteiger partial charge in [0.15, 0.2) is 6.61 Å². The van der Waals surface area contributed by atoms with E-state index in [2.05, 4.69) is 17.2 Å². The van der Waals surface area contributed by atoms with Crippen molar-refractivity contribution >= 4 is 11.8 Å². The Morgan fingerprint density at radius 1 is 1.00 bits per heavy atom. The van der Waals surface area contributed by atoms with E-state index in [9.17, 15) is 9.59 Å². The summed E-state index contributed by atoms with van der Waals surface area (Å²) in [6.45, 7) is 12.0. The molecule has 0 saturated carbocycles. The molecule has 2 aromatic carbocycles. The zero-order chi connectivity index (χ0) is 22.1. The van der Waals surface area contributed by atoms with Gasteiger partial charge in [0.25, 0.3) is 11.8 Å². The number of aryl methyl sites for hydroxylation is 2. The molecule has 2 aromatic rings. The van der Waals surface area contributed by atoms with Crippen LogP contribution in [-0.4, -0.2) is 31.1 Å². The Morgan fingerprint density at radius 3 is 2.30 bits per heavy atom. The van der Waals surface area contributed by atoms with Gasteiger partial charge in [-0.15, -0.1) is 0 Å². The summed E-state index contributed by atoms with van der Waals surface area (Å²) in [5.74, 6) is 0.894. The molecule has 160 valence electrons. The largest absolute Gasteiger partial charge is 0.491 e. The van der Waals surface area contributed by atoms with Crippen molar-refractivity contribution in [3.8, 4) is 11.5 Å². The first kappa shape index (κ1) is 23.0. The lowest BCUT2D eigenvalue weighted by molar-refractivity contribution is -0.122. The second-order valence-corrected chi connectivity index (χ2v) is 7.38. The molecule has 0 saturated heterocycles. The Labute approximate surface area is 178 Å². The summed E-state index contributed by atoms with van der Waals surface area (Å²) >= 11 is 0. The molecular weight excluding hydrogens is 380 g/mol. The van der Waals surface area contributed by atoms with Gasteiger partial charge in [0, 0.05) is 24.2 Å². The van der Waals surface area contributed by atoms with Crippen molar-refractivity contribution in [2.75, 3.05) is 13.2 Å². The maximum absolute atomic E-state index is 12.2. The molecule has 0 bridgehead atoms. The van der Waals surface area contributed by atoms with Crippen LogP contribution in [0, 0.1) is 13.8 Å². The Hall–Kier alpha value is -3.28. The van der Waals surface area contributed by atoms with Crippen LogP contribution in [0.15, 0.2) is 54.7 Å². The number of hydrogen-bond donors (Lipinski definition) is 2. The number of hydrogen-bond acceptors (Lipinski definition) is 4. The predicted octanol–water partition coefficient (Wildman–Crippen LogP) is 3.92. The number of nitrogens with one attached hydrogen (secondary N) is 2. The van der Waals surface area contributed by atoms with E-state index in [1.807, 2.05) is 45.9 Å². The van der Waals surface area contributed by atoms with Crippen molar-refractivity contribution in [1.82, 2.24) is 10.6 Å². The lowest BCUT2D eigenvalue weighted by Gasteiger charge is -2.12. The first-order valence-corrected chi connectivity index (χ1v) is 9.97. The number of carbonyl (C=O) groups is 2. The fourth-order valence-electron chi connectivity index (χ4n) is 2.63. The summed E-state index contributed by atoms with van der Waals surface area (Å²) in [4.78, 5) is 24.2. The molecule has 30 heavy (non-hydrogen) atoms. The van der Waals surface area contributed by atoms with Crippen molar-refractivity contribution in [1.29, 1.82) is 0 Å².